The van der Waals surface area contributed by atoms with Crippen molar-refractivity contribution in [2.45, 2.75) is 13.5 Å². The SMILES string of the molecule is COC(=O)c1occc1COC(=O)c1cc(C(C)=O)c[nH]1. The molecule has 0 amide bonds. The van der Waals surface area contributed by atoms with Gasteiger partial charge in [-0.1, -0.05) is 0 Å². The van der Waals surface area contributed by atoms with E-state index in [0.29, 0.717) is 11.1 Å². The largest absolute Gasteiger partial charge is 0.463 e. The maximum atomic E-state index is 11.8. The Kier molecular flexibility index (Phi) is 4.22. The van der Waals surface area contributed by atoms with Crippen molar-refractivity contribution in [3.05, 3.63) is 47.2 Å². The summed E-state index contributed by atoms with van der Waals surface area (Å²) in [5, 5.41) is 0. The Labute approximate surface area is 119 Å². The molecule has 0 atom stereocenters. The highest BCUT2D eigenvalue weighted by Gasteiger charge is 2.18. The summed E-state index contributed by atoms with van der Waals surface area (Å²) in [6.45, 7) is 1.25. The number of hydrogen-bond donors (Lipinski definition) is 1. The van der Waals surface area contributed by atoms with E-state index in [1.165, 1.54) is 38.6 Å². The van der Waals surface area contributed by atoms with Crippen molar-refractivity contribution in [2.24, 2.45) is 0 Å². The lowest BCUT2D eigenvalue weighted by molar-refractivity contribution is 0.0448. The molecule has 0 radical (unpaired) electrons. The van der Waals surface area contributed by atoms with Gasteiger partial charge in [-0.25, -0.2) is 9.59 Å². The molecule has 0 aliphatic rings. The first-order valence-electron chi connectivity index (χ1n) is 6.04. The number of nitrogens with one attached hydrogen (secondary N) is 1. The molecule has 2 rings (SSSR count). The topological polar surface area (TPSA) is 98.6 Å². The van der Waals surface area contributed by atoms with Crippen LogP contribution < -0.4 is 0 Å². The molecule has 7 nitrogen and oxygen atoms in total. The molecule has 21 heavy (non-hydrogen) atoms. The van der Waals surface area contributed by atoms with E-state index in [9.17, 15) is 14.4 Å². The van der Waals surface area contributed by atoms with E-state index in [0.717, 1.165) is 0 Å². The second-order valence-corrected chi connectivity index (χ2v) is 4.20. The predicted octanol–water partition coefficient (Wildman–Crippen LogP) is 1.95. The standard InChI is InChI=1S/C14H13NO6/c1-8(16)10-5-11(15-6-10)13(17)21-7-9-3-4-20-12(9)14(18)19-2/h3-6,15H,7H2,1-2H3. The summed E-state index contributed by atoms with van der Waals surface area (Å²) in [6, 6.07) is 2.91. The van der Waals surface area contributed by atoms with Crippen molar-refractivity contribution in [3.63, 3.8) is 0 Å². The molecule has 0 unspecified atom stereocenters. The van der Waals surface area contributed by atoms with Gasteiger partial charge in [0.15, 0.2) is 5.78 Å². The highest BCUT2D eigenvalue weighted by Crippen LogP contribution is 2.14. The molecule has 0 aliphatic carbocycles. The summed E-state index contributed by atoms with van der Waals surface area (Å²) < 4.78 is 14.6. The third kappa shape index (κ3) is 3.19. The average Bonchev–Trinajstić information content (AvgIpc) is 3.12. The molecule has 0 saturated carbocycles. The summed E-state index contributed by atoms with van der Waals surface area (Å²) in [6.07, 6.45) is 2.73. The van der Waals surface area contributed by atoms with Gasteiger partial charge in [0, 0.05) is 17.3 Å². The zero-order valence-corrected chi connectivity index (χ0v) is 11.5. The first-order chi connectivity index (χ1) is 10.0. The van der Waals surface area contributed by atoms with Crippen LogP contribution in [-0.4, -0.2) is 29.8 Å². The number of aromatic nitrogens is 1. The molecular weight excluding hydrogens is 278 g/mol. The lowest BCUT2D eigenvalue weighted by Gasteiger charge is -2.03. The van der Waals surface area contributed by atoms with E-state index in [1.807, 2.05) is 0 Å². The first kappa shape index (κ1) is 14.6. The number of aromatic amines is 1. The number of methoxy groups -OCH3 is 1. The van der Waals surface area contributed by atoms with Gasteiger partial charge in [-0.05, 0) is 19.1 Å². The predicted molar refractivity (Wildman–Crippen MR) is 70.0 cm³/mol. The first-order valence-corrected chi connectivity index (χ1v) is 6.04. The Balaban J connectivity index is 2.02. The van der Waals surface area contributed by atoms with Crippen LogP contribution in [0.3, 0.4) is 0 Å². The van der Waals surface area contributed by atoms with Crippen LogP contribution in [0, 0.1) is 0 Å². The van der Waals surface area contributed by atoms with Crippen LogP contribution in [0.5, 0.6) is 0 Å². The average molecular weight is 291 g/mol. The van der Waals surface area contributed by atoms with E-state index < -0.39 is 11.9 Å². The summed E-state index contributed by atoms with van der Waals surface area (Å²) in [7, 11) is 1.23. The van der Waals surface area contributed by atoms with Crippen molar-refractivity contribution in [1.29, 1.82) is 0 Å². The van der Waals surface area contributed by atoms with Crippen molar-refractivity contribution in [1.82, 2.24) is 4.98 Å². The molecule has 2 heterocycles. The number of carbonyl (C=O) groups is 3. The van der Waals surface area contributed by atoms with Crippen LogP contribution in [0.25, 0.3) is 0 Å². The number of H-pyrrole nitrogens is 1. The minimum Gasteiger partial charge on any atom is -0.463 e. The molecule has 0 saturated heterocycles. The fraction of sp³-hybridized carbons (Fsp3) is 0.214. The normalized spacial score (nSPS) is 10.2. The Morgan fingerprint density at radius 2 is 2.05 bits per heavy atom. The molecule has 0 aromatic carbocycles. The second kappa shape index (κ2) is 6.08. The third-order valence-electron chi connectivity index (χ3n) is 2.79. The number of Topliss-reactive ketones (excluding diaryl/α,β-unsaturated/α-hetero) is 1. The minimum absolute atomic E-state index is 0.0128. The molecule has 2 aromatic heterocycles. The van der Waals surface area contributed by atoms with Gasteiger partial charge in [-0.15, -0.1) is 0 Å². The van der Waals surface area contributed by atoms with Gasteiger partial charge in [-0.2, -0.15) is 0 Å². The molecule has 2 aromatic rings. The van der Waals surface area contributed by atoms with Gasteiger partial charge < -0.3 is 18.9 Å². The molecule has 110 valence electrons. The Bertz CT molecular complexity index is 681. The Hall–Kier alpha value is -2.83. The van der Waals surface area contributed by atoms with E-state index in [1.54, 1.807) is 0 Å². The molecule has 0 fully saturated rings. The number of carbonyl (C=O) groups excluding carboxylic acids is 3. The Morgan fingerprint density at radius 1 is 1.29 bits per heavy atom. The molecular formula is C14H13NO6. The molecule has 0 bridgehead atoms. The van der Waals surface area contributed by atoms with Crippen LogP contribution in [0.15, 0.2) is 29.0 Å². The zero-order valence-electron chi connectivity index (χ0n) is 11.5. The van der Waals surface area contributed by atoms with Crippen LogP contribution in [0.1, 0.15) is 43.9 Å². The minimum atomic E-state index is -0.648. The lowest BCUT2D eigenvalue weighted by atomic mass is 10.2. The molecule has 0 aliphatic heterocycles. The fourth-order valence-electron chi connectivity index (χ4n) is 1.66. The van der Waals surface area contributed by atoms with Crippen LogP contribution in [0.2, 0.25) is 0 Å². The number of ether oxygens (including phenoxy) is 2. The van der Waals surface area contributed by atoms with Gasteiger partial charge in [0.2, 0.25) is 5.76 Å². The monoisotopic (exact) mass is 291 g/mol. The van der Waals surface area contributed by atoms with Gasteiger partial charge >= 0.3 is 11.9 Å². The highest BCUT2D eigenvalue weighted by molar-refractivity contribution is 5.97. The summed E-state index contributed by atoms with van der Waals surface area (Å²) >= 11 is 0. The van der Waals surface area contributed by atoms with Crippen molar-refractivity contribution in [2.75, 3.05) is 7.11 Å². The van der Waals surface area contributed by atoms with Gasteiger partial charge in [0.05, 0.1) is 13.4 Å². The van der Waals surface area contributed by atoms with Crippen molar-refractivity contribution in [3.8, 4) is 0 Å². The third-order valence-corrected chi connectivity index (χ3v) is 2.79. The maximum absolute atomic E-state index is 11.8. The summed E-state index contributed by atoms with van der Waals surface area (Å²) in [4.78, 5) is 37.0. The smallest absolute Gasteiger partial charge is 0.374 e. The summed E-state index contributed by atoms with van der Waals surface area (Å²) in [5.74, 6) is -1.46. The van der Waals surface area contributed by atoms with Crippen LogP contribution in [0.4, 0.5) is 0 Å². The van der Waals surface area contributed by atoms with Crippen LogP contribution >= 0.6 is 0 Å². The lowest BCUT2D eigenvalue weighted by Crippen LogP contribution is -2.08. The van der Waals surface area contributed by atoms with Crippen molar-refractivity contribution < 1.29 is 28.3 Å². The molecule has 0 spiro atoms. The number of ketones is 1. The summed E-state index contributed by atoms with van der Waals surface area (Å²) in [5.41, 5.74) is 0.942. The Morgan fingerprint density at radius 3 is 2.67 bits per heavy atom. The fourth-order valence-corrected chi connectivity index (χ4v) is 1.66. The van der Waals surface area contributed by atoms with E-state index >= 15 is 0 Å². The molecule has 1 N–H and O–H groups in total. The van der Waals surface area contributed by atoms with E-state index in [4.69, 9.17) is 9.15 Å². The number of furan rings is 1. The highest BCUT2D eigenvalue weighted by atomic mass is 16.5. The molecule has 7 heteroatoms. The van der Waals surface area contributed by atoms with Crippen LogP contribution in [-0.2, 0) is 16.1 Å². The van der Waals surface area contributed by atoms with Crippen molar-refractivity contribution >= 4 is 17.7 Å². The number of rotatable bonds is 5. The second-order valence-electron chi connectivity index (χ2n) is 4.20. The van der Waals surface area contributed by atoms with E-state index in [-0.39, 0.29) is 23.8 Å². The maximum Gasteiger partial charge on any atom is 0.374 e. The van der Waals surface area contributed by atoms with Gasteiger partial charge in [-0.3, -0.25) is 4.79 Å². The number of hydrogen-bond acceptors (Lipinski definition) is 6. The van der Waals surface area contributed by atoms with Gasteiger partial charge in [0.1, 0.15) is 12.3 Å². The van der Waals surface area contributed by atoms with Gasteiger partial charge in [0.25, 0.3) is 0 Å². The van der Waals surface area contributed by atoms with E-state index in [2.05, 4.69) is 9.72 Å². The number of esters is 2. The zero-order chi connectivity index (χ0) is 15.4. The quantitative estimate of drug-likeness (QED) is 0.667.